The number of aromatic nitrogens is 3. The summed E-state index contributed by atoms with van der Waals surface area (Å²) >= 11 is 3.29. The minimum atomic E-state index is -1.17. The summed E-state index contributed by atoms with van der Waals surface area (Å²) in [7, 11) is 0. The van der Waals surface area contributed by atoms with Gasteiger partial charge in [0.2, 0.25) is 0 Å². The molecule has 0 aliphatic rings. The Morgan fingerprint density at radius 3 is 2.61 bits per heavy atom. The minimum Gasteiger partial charge on any atom is -0.479 e. The highest BCUT2D eigenvalue weighted by Crippen LogP contribution is 2.19. The number of carbonyl (C=O) groups is 2. The highest BCUT2D eigenvalue weighted by atomic mass is 79.9. The van der Waals surface area contributed by atoms with E-state index in [-0.39, 0.29) is 5.69 Å². The van der Waals surface area contributed by atoms with Crippen LogP contribution in [-0.4, -0.2) is 31.9 Å². The van der Waals surface area contributed by atoms with Gasteiger partial charge in [-0.2, -0.15) is 0 Å². The zero-order chi connectivity index (χ0) is 16.4. The predicted octanol–water partition coefficient (Wildman–Crippen LogP) is 2.28. The maximum atomic E-state index is 12.4. The molecule has 0 aliphatic carbocycles. The third kappa shape index (κ3) is 3.07. The van der Waals surface area contributed by atoms with Crippen LogP contribution in [0, 0.1) is 0 Å². The average Bonchev–Trinajstić information content (AvgIpc) is 3.01. The van der Waals surface area contributed by atoms with Gasteiger partial charge in [-0.25, -0.2) is 14.8 Å². The van der Waals surface area contributed by atoms with Gasteiger partial charge in [0.05, 0.1) is 5.39 Å². The van der Waals surface area contributed by atoms with Gasteiger partial charge in [0, 0.05) is 10.7 Å². The van der Waals surface area contributed by atoms with E-state index in [2.05, 4.69) is 36.2 Å². The Morgan fingerprint density at radius 1 is 1.17 bits per heavy atom. The molecule has 23 heavy (non-hydrogen) atoms. The molecule has 1 aromatic carbocycles. The zero-order valence-corrected chi connectivity index (χ0v) is 13.2. The van der Waals surface area contributed by atoms with E-state index in [4.69, 9.17) is 0 Å². The normalized spacial score (nSPS) is 12.0. The fourth-order valence-electron chi connectivity index (χ4n) is 2.20. The van der Waals surface area contributed by atoms with Crippen LogP contribution in [0.1, 0.15) is 22.1 Å². The molecule has 116 valence electrons. The first-order chi connectivity index (χ1) is 11.1. The number of amides is 1. The fraction of sp³-hybridized carbons (Fsp3) is 0.0667. The number of carboxylic acids is 1. The number of rotatable bonds is 4. The van der Waals surface area contributed by atoms with Gasteiger partial charge >= 0.3 is 5.97 Å². The number of hydrogen-bond acceptors (Lipinski definition) is 4. The molecule has 0 bridgehead atoms. The van der Waals surface area contributed by atoms with Gasteiger partial charge in [-0.15, -0.1) is 0 Å². The van der Waals surface area contributed by atoms with Crippen LogP contribution in [0.2, 0.25) is 0 Å². The zero-order valence-electron chi connectivity index (χ0n) is 11.7. The Hall–Kier alpha value is -2.74. The number of nitrogens with one attached hydrogen (secondary N) is 2. The predicted molar refractivity (Wildman–Crippen MR) is 85.9 cm³/mol. The molecule has 0 fully saturated rings. The molecule has 3 N–H and O–H groups in total. The van der Waals surface area contributed by atoms with Gasteiger partial charge in [-0.1, -0.05) is 28.1 Å². The topological polar surface area (TPSA) is 108 Å². The molecule has 0 radical (unpaired) electrons. The van der Waals surface area contributed by atoms with E-state index in [1.54, 1.807) is 36.5 Å². The Bertz CT molecular complexity index is 876. The molecule has 0 spiro atoms. The van der Waals surface area contributed by atoms with Crippen molar-refractivity contribution in [1.29, 1.82) is 0 Å². The molecular formula is C15H11BrN4O3. The van der Waals surface area contributed by atoms with Gasteiger partial charge < -0.3 is 15.4 Å². The monoisotopic (exact) mass is 374 g/mol. The number of benzene rings is 1. The summed E-state index contributed by atoms with van der Waals surface area (Å²) in [6.07, 6.45) is 2.89. The smallest absolute Gasteiger partial charge is 0.330 e. The number of aromatic amines is 1. The SMILES string of the molecule is O=C(N[C@@H](C(=O)O)c1ccc(Br)cc1)c1ncnc2[nH]ccc12. The summed E-state index contributed by atoms with van der Waals surface area (Å²) in [5, 5.41) is 12.4. The van der Waals surface area contributed by atoms with E-state index < -0.39 is 17.9 Å². The lowest BCUT2D eigenvalue weighted by atomic mass is 10.1. The van der Waals surface area contributed by atoms with E-state index in [1.165, 1.54) is 6.33 Å². The van der Waals surface area contributed by atoms with Crippen molar-refractivity contribution in [2.75, 3.05) is 0 Å². The molecule has 2 heterocycles. The number of nitrogens with zero attached hydrogens (tertiary/aromatic N) is 2. The van der Waals surface area contributed by atoms with Crippen molar-refractivity contribution in [3.05, 3.63) is 58.6 Å². The van der Waals surface area contributed by atoms with Gasteiger partial charge in [0.1, 0.15) is 17.7 Å². The average molecular weight is 375 g/mol. The van der Waals surface area contributed by atoms with Crippen LogP contribution in [0.15, 0.2) is 47.3 Å². The molecule has 0 saturated carbocycles. The number of H-pyrrole nitrogens is 1. The van der Waals surface area contributed by atoms with E-state index >= 15 is 0 Å². The summed E-state index contributed by atoms with van der Waals surface area (Å²) in [6, 6.07) is 7.20. The van der Waals surface area contributed by atoms with Crippen molar-refractivity contribution in [3.63, 3.8) is 0 Å². The number of carbonyl (C=O) groups excluding carboxylic acids is 1. The quantitative estimate of drug-likeness (QED) is 0.649. The maximum Gasteiger partial charge on any atom is 0.330 e. The van der Waals surface area contributed by atoms with E-state index in [1.807, 2.05) is 0 Å². The molecule has 7 nitrogen and oxygen atoms in total. The molecule has 2 aromatic heterocycles. The molecule has 3 rings (SSSR count). The van der Waals surface area contributed by atoms with Crippen molar-refractivity contribution in [1.82, 2.24) is 20.3 Å². The molecule has 0 aliphatic heterocycles. The molecule has 0 saturated heterocycles. The second-order valence-electron chi connectivity index (χ2n) is 4.76. The number of fused-ring (bicyclic) bond motifs is 1. The number of carboxylic acid groups (broad SMARTS) is 1. The van der Waals surface area contributed by atoms with E-state index in [9.17, 15) is 14.7 Å². The van der Waals surface area contributed by atoms with Crippen LogP contribution in [-0.2, 0) is 4.79 Å². The van der Waals surface area contributed by atoms with E-state index in [0.717, 1.165) is 4.47 Å². The first kappa shape index (κ1) is 15.2. The second kappa shape index (κ2) is 6.17. The summed E-state index contributed by atoms with van der Waals surface area (Å²) in [5.41, 5.74) is 1.11. The molecule has 1 amide bonds. The van der Waals surface area contributed by atoms with Crippen molar-refractivity contribution in [2.24, 2.45) is 0 Å². The second-order valence-corrected chi connectivity index (χ2v) is 5.67. The number of aliphatic carboxylic acids is 1. The van der Waals surface area contributed by atoms with E-state index in [0.29, 0.717) is 16.6 Å². The summed E-state index contributed by atoms with van der Waals surface area (Å²) in [6.45, 7) is 0. The Labute approximate surface area is 138 Å². The Morgan fingerprint density at radius 2 is 1.91 bits per heavy atom. The lowest BCUT2D eigenvalue weighted by Gasteiger charge is -2.15. The van der Waals surface area contributed by atoms with Gasteiger partial charge in [-0.3, -0.25) is 4.79 Å². The standard InChI is InChI=1S/C15H11BrN4O3/c16-9-3-1-8(2-4-9)11(15(22)23)20-14(21)12-10-5-6-17-13(10)19-7-18-12/h1-7,11H,(H,20,21)(H,22,23)(H,17,18,19)/t11-/m1/s1. The largest absolute Gasteiger partial charge is 0.479 e. The fourth-order valence-corrected chi connectivity index (χ4v) is 2.46. The van der Waals surface area contributed by atoms with Crippen LogP contribution < -0.4 is 5.32 Å². The van der Waals surface area contributed by atoms with Crippen molar-refractivity contribution >= 4 is 38.8 Å². The Balaban J connectivity index is 1.91. The van der Waals surface area contributed by atoms with Crippen LogP contribution in [0.3, 0.4) is 0 Å². The van der Waals surface area contributed by atoms with Crippen molar-refractivity contribution in [3.8, 4) is 0 Å². The van der Waals surface area contributed by atoms with Gasteiger partial charge in [-0.05, 0) is 23.8 Å². The van der Waals surface area contributed by atoms with Crippen LogP contribution in [0.4, 0.5) is 0 Å². The van der Waals surface area contributed by atoms with Crippen molar-refractivity contribution < 1.29 is 14.7 Å². The first-order valence-electron chi connectivity index (χ1n) is 6.63. The molecule has 1 atom stereocenters. The summed E-state index contributed by atoms with van der Waals surface area (Å²) in [4.78, 5) is 34.8. The lowest BCUT2D eigenvalue weighted by molar-refractivity contribution is -0.139. The van der Waals surface area contributed by atoms with Crippen molar-refractivity contribution in [2.45, 2.75) is 6.04 Å². The Kier molecular flexibility index (Phi) is 4.07. The number of hydrogen-bond donors (Lipinski definition) is 3. The lowest BCUT2D eigenvalue weighted by Crippen LogP contribution is -2.34. The highest BCUT2D eigenvalue weighted by Gasteiger charge is 2.24. The summed E-state index contributed by atoms with van der Waals surface area (Å²) in [5.74, 6) is -1.73. The van der Waals surface area contributed by atoms with Crippen LogP contribution in [0.25, 0.3) is 11.0 Å². The van der Waals surface area contributed by atoms with Gasteiger partial charge in [0.25, 0.3) is 5.91 Å². The maximum absolute atomic E-state index is 12.4. The third-order valence-electron chi connectivity index (χ3n) is 3.29. The van der Waals surface area contributed by atoms with Crippen LogP contribution >= 0.6 is 15.9 Å². The van der Waals surface area contributed by atoms with Crippen LogP contribution in [0.5, 0.6) is 0 Å². The molecular weight excluding hydrogens is 364 g/mol. The minimum absolute atomic E-state index is 0.125. The summed E-state index contributed by atoms with van der Waals surface area (Å²) < 4.78 is 0.821. The molecule has 8 heteroatoms. The third-order valence-corrected chi connectivity index (χ3v) is 3.82. The first-order valence-corrected chi connectivity index (χ1v) is 7.43. The highest BCUT2D eigenvalue weighted by molar-refractivity contribution is 9.10. The number of halogens is 1. The van der Waals surface area contributed by atoms with Gasteiger partial charge in [0.15, 0.2) is 6.04 Å². The molecule has 0 unspecified atom stereocenters. The molecule has 3 aromatic rings.